The first-order valence-corrected chi connectivity index (χ1v) is 9.70. The highest BCUT2D eigenvalue weighted by Crippen LogP contribution is 2.60. The monoisotopic (exact) mass is 343 g/mol. The second kappa shape index (κ2) is 6.71. The maximum absolute atomic E-state index is 12.7. The zero-order chi connectivity index (χ0) is 18.2. The molecule has 0 spiro atoms. The van der Waals surface area contributed by atoms with Crippen LogP contribution in [0, 0.1) is 28.6 Å². The van der Waals surface area contributed by atoms with Crippen LogP contribution in [0.25, 0.3) is 0 Å². The van der Waals surface area contributed by atoms with Crippen molar-refractivity contribution in [3.8, 4) is 0 Å². The number of carbonyl (C=O) groups is 1. The molecular weight excluding hydrogens is 310 g/mol. The lowest BCUT2D eigenvalue weighted by molar-refractivity contribution is -0.101. The average molecular weight is 344 g/mol. The first kappa shape index (κ1) is 18.4. The Balaban J connectivity index is 1.85. The maximum atomic E-state index is 12.7. The Bertz CT molecular complexity index is 615. The third-order valence-corrected chi connectivity index (χ3v) is 7.38. The van der Waals surface area contributed by atoms with E-state index in [-0.39, 0.29) is 17.4 Å². The van der Waals surface area contributed by atoms with Crippen molar-refractivity contribution in [3.05, 3.63) is 30.1 Å². The number of hydrogen-bond acceptors (Lipinski definition) is 3. The Labute approximate surface area is 152 Å². The molecule has 138 valence electrons. The Hall–Kier alpha value is -1.42. The van der Waals surface area contributed by atoms with Crippen LogP contribution in [0.2, 0.25) is 0 Å². The maximum Gasteiger partial charge on any atom is 0.253 e. The van der Waals surface area contributed by atoms with Crippen LogP contribution < -0.4 is 11.1 Å². The lowest BCUT2D eigenvalue weighted by atomic mass is 9.45. The summed E-state index contributed by atoms with van der Waals surface area (Å²) in [5.41, 5.74) is 7.48. The van der Waals surface area contributed by atoms with Gasteiger partial charge in [-0.2, -0.15) is 0 Å². The summed E-state index contributed by atoms with van der Waals surface area (Å²) in [5, 5.41) is 3.30. The van der Waals surface area contributed by atoms with Gasteiger partial charge in [-0.25, -0.2) is 0 Å². The first-order valence-electron chi connectivity index (χ1n) is 9.70. The summed E-state index contributed by atoms with van der Waals surface area (Å²) < 4.78 is 0. The normalized spacial score (nSPS) is 37.2. The second-order valence-electron chi connectivity index (χ2n) is 9.16. The van der Waals surface area contributed by atoms with Gasteiger partial charge in [0.25, 0.3) is 5.91 Å². The molecule has 2 aliphatic carbocycles. The van der Waals surface area contributed by atoms with Gasteiger partial charge in [0.15, 0.2) is 0 Å². The second-order valence-corrected chi connectivity index (χ2v) is 9.16. The number of pyridine rings is 1. The van der Waals surface area contributed by atoms with Gasteiger partial charge >= 0.3 is 0 Å². The molecule has 1 aromatic heterocycles. The van der Waals surface area contributed by atoms with E-state index in [4.69, 9.17) is 5.73 Å². The fourth-order valence-corrected chi connectivity index (χ4v) is 5.97. The van der Waals surface area contributed by atoms with Crippen molar-refractivity contribution in [2.24, 2.45) is 34.3 Å². The molecule has 4 nitrogen and oxygen atoms in total. The highest BCUT2D eigenvalue weighted by atomic mass is 16.1. The van der Waals surface area contributed by atoms with Gasteiger partial charge in [-0.05, 0) is 66.5 Å². The Morgan fingerprint density at radius 1 is 1.36 bits per heavy atom. The average Bonchev–Trinajstić information content (AvgIpc) is 2.57. The summed E-state index contributed by atoms with van der Waals surface area (Å²) in [6.07, 6.45) is 8.19. The van der Waals surface area contributed by atoms with Crippen molar-refractivity contribution in [3.63, 3.8) is 0 Å². The van der Waals surface area contributed by atoms with Crippen molar-refractivity contribution in [2.45, 2.75) is 59.4 Å². The van der Waals surface area contributed by atoms with Crippen LogP contribution in [-0.4, -0.2) is 23.5 Å². The summed E-state index contributed by atoms with van der Waals surface area (Å²) in [6, 6.07) is 3.81. The molecular formula is C21H33N3O. The molecule has 1 unspecified atom stereocenters. The van der Waals surface area contributed by atoms with Gasteiger partial charge < -0.3 is 11.1 Å². The highest BCUT2D eigenvalue weighted by molar-refractivity contribution is 5.94. The zero-order valence-corrected chi connectivity index (χ0v) is 16.1. The smallest absolute Gasteiger partial charge is 0.253 e. The predicted octanol–water partition coefficient (Wildman–Crippen LogP) is 3.63. The van der Waals surface area contributed by atoms with E-state index in [2.05, 4.69) is 38.0 Å². The summed E-state index contributed by atoms with van der Waals surface area (Å²) in [6.45, 7) is 10.2. The molecule has 0 saturated heterocycles. The summed E-state index contributed by atoms with van der Waals surface area (Å²) in [4.78, 5) is 16.7. The van der Waals surface area contributed by atoms with Crippen molar-refractivity contribution in [1.29, 1.82) is 0 Å². The molecule has 1 heterocycles. The predicted molar refractivity (Wildman–Crippen MR) is 101 cm³/mol. The third-order valence-electron chi connectivity index (χ3n) is 7.38. The number of amides is 1. The number of nitrogens with zero attached hydrogens (tertiary/aromatic N) is 1. The van der Waals surface area contributed by atoms with E-state index < -0.39 is 0 Å². The topological polar surface area (TPSA) is 68.0 Å². The van der Waals surface area contributed by atoms with Crippen LogP contribution >= 0.6 is 0 Å². The molecule has 2 fully saturated rings. The minimum atomic E-state index is -0.0158. The standard InChI is InChI=1S/C21H33N3O/c1-14-16(12-22)21(4)9-6-8-20(2,3)18(21)11-17(14)24-19(25)15-7-5-10-23-13-15/h5,7,10,13-14,16-18H,6,8-9,11-12,22H2,1-4H3,(H,24,25)/t14-,16-,17+,18?,21+/m0/s1. The van der Waals surface area contributed by atoms with E-state index in [9.17, 15) is 4.79 Å². The molecule has 3 rings (SSSR count). The van der Waals surface area contributed by atoms with E-state index in [1.54, 1.807) is 12.4 Å². The lowest BCUT2D eigenvalue weighted by Gasteiger charge is -2.61. The van der Waals surface area contributed by atoms with Crippen LogP contribution in [0.5, 0.6) is 0 Å². The van der Waals surface area contributed by atoms with Crippen molar-refractivity contribution in [2.75, 3.05) is 6.54 Å². The van der Waals surface area contributed by atoms with Crippen LogP contribution in [-0.2, 0) is 0 Å². The summed E-state index contributed by atoms with van der Waals surface area (Å²) >= 11 is 0. The molecule has 3 N–H and O–H groups in total. The lowest BCUT2D eigenvalue weighted by Crippen LogP contribution is -2.60. The number of fused-ring (bicyclic) bond motifs is 1. The van der Waals surface area contributed by atoms with Gasteiger partial charge in [0.05, 0.1) is 5.56 Å². The van der Waals surface area contributed by atoms with Gasteiger partial charge in [0.2, 0.25) is 0 Å². The molecule has 1 aromatic rings. The van der Waals surface area contributed by atoms with Crippen LogP contribution in [0.4, 0.5) is 0 Å². The van der Waals surface area contributed by atoms with E-state index in [1.807, 2.05) is 12.1 Å². The number of hydrogen-bond donors (Lipinski definition) is 2. The van der Waals surface area contributed by atoms with Crippen molar-refractivity contribution < 1.29 is 4.79 Å². The van der Waals surface area contributed by atoms with Gasteiger partial charge in [-0.1, -0.05) is 34.1 Å². The Morgan fingerprint density at radius 3 is 2.76 bits per heavy atom. The molecule has 2 aliphatic rings. The Morgan fingerprint density at radius 2 is 2.12 bits per heavy atom. The molecule has 1 amide bonds. The molecule has 0 aromatic carbocycles. The van der Waals surface area contributed by atoms with Crippen molar-refractivity contribution >= 4 is 5.91 Å². The van der Waals surface area contributed by atoms with Crippen LogP contribution in [0.15, 0.2) is 24.5 Å². The zero-order valence-electron chi connectivity index (χ0n) is 16.1. The summed E-state index contributed by atoms with van der Waals surface area (Å²) in [7, 11) is 0. The fraction of sp³-hybridized carbons (Fsp3) is 0.714. The van der Waals surface area contributed by atoms with Gasteiger partial charge in [0, 0.05) is 18.4 Å². The number of rotatable bonds is 3. The van der Waals surface area contributed by atoms with Gasteiger partial charge in [-0.15, -0.1) is 0 Å². The third kappa shape index (κ3) is 3.21. The quantitative estimate of drug-likeness (QED) is 0.880. The molecule has 25 heavy (non-hydrogen) atoms. The van der Waals surface area contributed by atoms with E-state index in [1.165, 1.54) is 19.3 Å². The minimum absolute atomic E-state index is 0.0158. The highest BCUT2D eigenvalue weighted by Gasteiger charge is 2.56. The number of nitrogens with one attached hydrogen (secondary N) is 1. The molecule has 5 atom stereocenters. The van der Waals surface area contributed by atoms with Gasteiger partial charge in [0.1, 0.15) is 0 Å². The molecule has 2 saturated carbocycles. The fourth-order valence-electron chi connectivity index (χ4n) is 5.97. The molecule has 0 aliphatic heterocycles. The number of carbonyl (C=O) groups excluding carboxylic acids is 1. The largest absolute Gasteiger partial charge is 0.349 e. The van der Waals surface area contributed by atoms with E-state index in [0.717, 1.165) is 6.42 Å². The van der Waals surface area contributed by atoms with Crippen molar-refractivity contribution in [1.82, 2.24) is 10.3 Å². The Kier molecular flexibility index (Phi) is 4.93. The van der Waals surface area contributed by atoms with Gasteiger partial charge in [-0.3, -0.25) is 9.78 Å². The molecule has 0 bridgehead atoms. The first-order chi connectivity index (χ1) is 11.8. The minimum Gasteiger partial charge on any atom is -0.349 e. The summed E-state index contributed by atoms with van der Waals surface area (Å²) in [5.74, 6) is 1.42. The van der Waals surface area contributed by atoms with Crippen LogP contribution in [0.1, 0.15) is 63.7 Å². The van der Waals surface area contributed by atoms with E-state index in [0.29, 0.717) is 35.3 Å². The molecule has 0 radical (unpaired) electrons. The number of nitrogens with two attached hydrogens (primary N) is 1. The van der Waals surface area contributed by atoms with Crippen LogP contribution in [0.3, 0.4) is 0 Å². The van der Waals surface area contributed by atoms with E-state index >= 15 is 0 Å². The number of aromatic nitrogens is 1. The molecule has 4 heteroatoms. The SMILES string of the molecule is C[C@@H]1[C@H](NC(=O)c2cccnc2)CC2C(C)(C)CCC[C@]2(C)[C@H]1CN.